The number of benzene rings is 1. The third-order valence-corrected chi connectivity index (χ3v) is 5.43. The molecule has 31 heavy (non-hydrogen) atoms. The lowest BCUT2D eigenvalue weighted by Crippen LogP contribution is -2.32. The van der Waals surface area contributed by atoms with Crippen LogP contribution in [-0.2, 0) is 25.5 Å². The molecule has 2 N–H and O–H groups in total. The molecule has 1 aromatic carbocycles. The van der Waals surface area contributed by atoms with Gasteiger partial charge in [-0.3, -0.25) is 0 Å². The number of esters is 2. The molecule has 0 radical (unpaired) electrons. The molecule has 0 fully saturated rings. The largest absolute Gasteiger partial charge is 0.466 e. The molecule has 1 aromatic heterocycles. The van der Waals surface area contributed by atoms with Crippen LogP contribution in [0, 0.1) is 19.7 Å². The number of aromatic amines is 1. The number of dihydropyridines is 1. The number of ether oxygens (including phenoxy) is 2. The maximum absolute atomic E-state index is 14.0. The average molecular weight is 426 g/mol. The summed E-state index contributed by atoms with van der Waals surface area (Å²) in [5.41, 5.74) is 5.25. The highest BCUT2D eigenvalue weighted by Gasteiger charge is 2.37. The van der Waals surface area contributed by atoms with Crippen LogP contribution >= 0.6 is 0 Å². The van der Waals surface area contributed by atoms with Crippen LogP contribution in [0.3, 0.4) is 0 Å². The predicted octanol–water partition coefficient (Wildman–Crippen LogP) is 3.96. The first kappa shape index (κ1) is 22.3. The van der Waals surface area contributed by atoms with Crippen molar-refractivity contribution in [1.29, 1.82) is 0 Å². The van der Waals surface area contributed by atoms with Crippen molar-refractivity contribution >= 4 is 11.9 Å². The molecule has 7 heteroatoms. The van der Waals surface area contributed by atoms with Gasteiger partial charge in [-0.25, -0.2) is 14.0 Å². The summed E-state index contributed by atoms with van der Waals surface area (Å²) in [5, 5.41) is 3.07. The van der Waals surface area contributed by atoms with Crippen molar-refractivity contribution in [1.82, 2.24) is 10.3 Å². The number of halogens is 1. The molecule has 164 valence electrons. The van der Waals surface area contributed by atoms with Crippen molar-refractivity contribution in [3.05, 3.63) is 81.2 Å². The topological polar surface area (TPSA) is 80.4 Å². The van der Waals surface area contributed by atoms with Crippen molar-refractivity contribution in [2.75, 3.05) is 13.7 Å². The first-order valence-corrected chi connectivity index (χ1v) is 10.1. The number of carbonyl (C=O) groups is 2. The maximum Gasteiger partial charge on any atom is 0.336 e. The third-order valence-electron chi connectivity index (χ3n) is 5.43. The van der Waals surface area contributed by atoms with E-state index in [0.717, 1.165) is 17.0 Å². The highest BCUT2D eigenvalue weighted by molar-refractivity contribution is 5.99. The van der Waals surface area contributed by atoms with E-state index >= 15 is 0 Å². The van der Waals surface area contributed by atoms with Crippen LogP contribution in [0.25, 0.3) is 0 Å². The summed E-state index contributed by atoms with van der Waals surface area (Å²) in [7, 11) is 1.27. The van der Waals surface area contributed by atoms with Crippen molar-refractivity contribution in [2.45, 2.75) is 40.0 Å². The highest BCUT2D eigenvalue weighted by atomic mass is 19.1. The Hall–Kier alpha value is -3.35. The summed E-state index contributed by atoms with van der Waals surface area (Å²) >= 11 is 0. The quantitative estimate of drug-likeness (QED) is 0.684. The molecule has 0 saturated carbocycles. The van der Waals surface area contributed by atoms with Gasteiger partial charge in [0, 0.05) is 29.2 Å². The van der Waals surface area contributed by atoms with Gasteiger partial charge in [0.2, 0.25) is 0 Å². The van der Waals surface area contributed by atoms with E-state index in [9.17, 15) is 14.0 Å². The molecule has 0 bridgehead atoms. The molecule has 6 nitrogen and oxygen atoms in total. The number of allylic oxidation sites excluding steroid dienone is 2. The van der Waals surface area contributed by atoms with E-state index in [4.69, 9.17) is 9.47 Å². The van der Waals surface area contributed by atoms with Crippen molar-refractivity contribution in [3.63, 3.8) is 0 Å². The summed E-state index contributed by atoms with van der Waals surface area (Å²) < 4.78 is 24.5. The number of carbonyl (C=O) groups excluding carboxylic acids is 2. The Bertz CT molecular complexity index is 1080. The fourth-order valence-corrected chi connectivity index (χ4v) is 4.04. The SMILES string of the molecule is COC(=O)C1=C(C)NC(C)=C(C(=O)OCCc2cc(C)[nH]c2C)C1c1cccc(F)c1. The van der Waals surface area contributed by atoms with E-state index in [1.165, 1.54) is 19.2 Å². The first-order chi connectivity index (χ1) is 14.7. The first-order valence-electron chi connectivity index (χ1n) is 10.1. The fourth-order valence-electron chi connectivity index (χ4n) is 4.04. The second kappa shape index (κ2) is 9.20. The number of methoxy groups -OCH3 is 1. The number of H-pyrrole nitrogens is 1. The number of rotatable bonds is 6. The standard InChI is InChI=1S/C24H27FN2O4/c1-13-11-17(14(2)26-13)9-10-31-24(29)21-16(4)27-15(3)20(23(28)30-5)22(21)18-7-6-8-19(25)12-18/h6-8,11-12,22,26-27H,9-10H2,1-5H3. The van der Waals surface area contributed by atoms with Crippen LogP contribution in [0.1, 0.15) is 42.3 Å². The van der Waals surface area contributed by atoms with Gasteiger partial charge >= 0.3 is 11.9 Å². The Morgan fingerprint density at radius 3 is 2.29 bits per heavy atom. The molecule has 1 aliphatic heterocycles. The number of hydrogen-bond donors (Lipinski definition) is 2. The van der Waals surface area contributed by atoms with E-state index in [1.54, 1.807) is 26.0 Å². The molecular weight excluding hydrogens is 399 g/mol. The van der Waals surface area contributed by atoms with Crippen LogP contribution in [0.5, 0.6) is 0 Å². The number of nitrogens with one attached hydrogen (secondary N) is 2. The zero-order valence-electron chi connectivity index (χ0n) is 18.4. The van der Waals surface area contributed by atoms with Gasteiger partial charge in [0.1, 0.15) is 5.82 Å². The lowest BCUT2D eigenvalue weighted by atomic mass is 9.80. The Labute approximate surface area is 181 Å². The molecule has 1 aliphatic rings. The molecule has 0 aliphatic carbocycles. The van der Waals surface area contributed by atoms with Crippen molar-refractivity contribution in [2.24, 2.45) is 0 Å². The van der Waals surface area contributed by atoms with Crippen molar-refractivity contribution in [3.8, 4) is 0 Å². The van der Waals surface area contributed by atoms with Gasteiger partial charge in [-0.05, 0) is 57.0 Å². The number of aromatic nitrogens is 1. The van der Waals surface area contributed by atoms with Crippen LogP contribution in [0.2, 0.25) is 0 Å². The zero-order chi connectivity index (χ0) is 22.7. The van der Waals surface area contributed by atoms with Crippen LogP contribution in [-0.4, -0.2) is 30.6 Å². The average Bonchev–Trinajstić information content (AvgIpc) is 3.03. The van der Waals surface area contributed by atoms with E-state index in [-0.39, 0.29) is 17.8 Å². The zero-order valence-corrected chi connectivity index (χ0v) is 18.4. The van der Waals surface area contributed by atoms with E-state index in [1.807, 2.05) is 19.9 Å². The molecule has 2 aromatic rings. The maximum atomic E-state index is 14.0. The van der Waals surface area contributed by atoms with Gasteiger partial charge in [-0.1, -0.05) is 12.1 Å². The fraction of sp³-hybridized carbons (Fsp3) is 0.333. The molecular formula is C24H27FN2O4. The molecule has 1 atom stereocenters. The van der Waals surface area contributed by atoms with Gasteiger partial charge in [0.05, 0.1) is 30.8 Å². The lowest BCUT2D eigenvalue weighted by molar-refractivity contribution is -0.139. The Morgan fingerprint density at radius 1 is 1.03 bits per heavy atom. The Morgan fingerprint density at radius 2 is 1.71 bits per heavy atom. The molecule has 2 heterocycles. The predicted molar refractivity (Wildman–Crippen MR) is 115 cm³/mol. The second-order valence-electron chi connectivity index (χ2n) is 7.67. The van der Waals surface area contributed by atoms with E-state index in [2.05, 4.69) is 10.3 Å². The van der Waals surface area contributed by atoms with Crippen LogP contribution in [0.15, 0.2) is 52.9 Å². The molecule has 0 amide bonds. The highest BCUT2D eigenvalue weighted by Crippen LogP contribution is 2.39. The van der Waals surface area contributed by atoms with Crippen LogP contribution < -0.4 is 5.32 Å². The normalized spacial score (nSPS) is 16.3. The Balaban J connectivity index is 1.91. The lowest BCUT2D eigenvalue weighted by Gasteiger charge is -2.30. The van der Waals surface area contributed by atoms with E-state index in [0.29, 0.717) is 23.4 Å². The summed E-state index contributed by atoms with van der Waals surface area (Å²) in [6.45, 7) is 7.58. The van der Waals surface area contributed by atoms with Crippen LogP contribution in [0.4, 0.5) is 4.39 Å². The van der Waals surface area contributed by atoms with Gasteiger partial charge in [0.15, 0.2) is 0 Å². The summed E-state index contributed by atoms with van der Waals surface area (Å²) in [4.78, 5) is 28.9. The van der Waals surface area contributed by atoms with Gasteiger partial charge < -0.3 is 19.8 Å². The van der Waals surface area contributed by atoms with E-state index < -0.39 is 23.7 Å². The van der Waals surface area contributed by atoms with Gasteiger partial charge in [-0.2, -0.15) is 0 Å². The monoisotopic (exact) mass is 426 g/mol. The number of hydrogen-bond acceptors (Lipinski definition) is 5. The molecule has 0 spiro atoms. The molecule has 1 unspecified atom stereocenters. The molecule has 0 saturated heterocycles. The minimum atomic E-state index is -0.798. The Kier molecular flexibility index (Phi) is 6.63. The summed E-state index contributed by atoms with van der Waals surface area (Å²) in [5.74, 6) is -2.40. The minimum Gasteiger partial charge on any atom is -0.466 e. The third kappa shape index (κ3) is 4.71. The van der Waals surface area contributed by atoms with Crippen molar-refractivity contribution < 1.29 is 23.5 Å². The summed E-state index contributed by atoms with van der Waals surface area (Å²) in [6, 6.07) is 7.88. The number of aryl methyl sites for hydroxylation is 2. The van der Waals surface area contributed by atoms with Gasteiger partial charge in [0.25, 0.3) is 0 Å². The summed E-state index contributed by atoms with van der Waals surface area (Å²) in [6.07, 6.45) is 0.561. The van der Waals surface area contributed by atoms with Gasteiger partial charge in [-0.15, -0.1) is 0 Å². The smallest absolute Gasteiger partial charge is 0.336 e. The second-order valence-corrected chi connectivity index (χ2v) is 7.67. The molecule has 3 rings (SSSR count). The minimum absolute atomic E-state index is 0.180.